The number of rotatable bonds is 6. The van der Waals surface area contributed by atoms with Crippen LogP contribution in [-0.2, 0) is 9.53 Å². The van der Waals surface area contributed by atoms with Crippen LogP contribution >= 0.6 is 0 Å². The maximum absolute atomic E-state index is 11.9. The summed E-state index contributed by atoms with van der Waals surface area (Å²) in [4.78, 5) is 37.2. The highest BCUT2D eigenvalue weighted by molar-refractivity contribution is 5.95. The number of alkyl carbamates (subject to hydrolysis) is 1. The standard InChI is InChI=1S/C18H34N4O4/c1-13(2)10-19-16(24)21-15(23)12-22-8-6-14(7-9-22)11-20-17(25)26-18(3,4)5/h13-14H,6-12H2,1-5H3,(H,20,25)(H2,19,21,23,24). The van der Waals surface area contributed by atoms with Crippen LogP contribution in [0, 0.1) is 11.8 Å². The molecule has 0 aromatic heterocycles. The van der Waals surface area contributed by atoms with E-state index in [2.05, 4.69) is 16.0 Å². The van der Waals surface area contributed by atoms with Crippen LogP contribution in [0.5, 0.6) is 0 Å². The summed E-state index contributed by atoms with van der Waals surface area (Å²) in [6.45, 7) is 12.3. The highest BCUT2D eigenvalue weighted by atomic mass is 16.6. The molecule has 0 spiro atoms. The maximum atomic E-state index is 11.9. The topological polar surface area (TPSA) is 99.8 Å². The fraction of sp³-hybridized carbons (Fsp3) is 0.833. The van der Waals surface area contributed by atoms with Crippen LogP contribution in [-0.4, -0.2) is 61.3 Å². The number of nitrogens with zero attached hydrogens (tertiary/aromatic N) is 1. The van der Waals surface area contributed by atoms with Crippen molar-refractivity contribution < 1.29 is 19.1 Å². The zero-order chi connectivity index (χ0) is 19.7. The number of amides is 4. The second-order valence-corrected chi connectivity index (χ2v) is 8.25. The number of nitrogens with one attached hydrogen (secondary N) is 3. The van der Waals surface area contributed by atoms with Crippen molar-refractivity contribution in [2.75, 3.05) is 32.7 Å². The van der Waals surface area contributed by atoms with Crippen molar-refractivity contribution in [1.82, 2.24) is 20.9 Å². The Morgan fingerprint density at radius 1 is 1.12 bits per heavy atom. The Morgan fingerprint density at radius 2 is 1.73 bits per heavy atom. The highest BCUT2D eigenvalue weighted by Gasteiger charge is 2.23. The molecule has 0 aromatic rings. The summed E-state index contributed by atoms with van der Waals surface area (Å²) in [5.74, 6) is 0.414. The van der Waals surface area contributed by atoms with E-state index in [-0.39, 0.29) is 12.5 Å². The Kier molecular flexibility index (Phi) is 8.84. The molecule has 1 heterocycles. The van der Waals surface area contributed by atoms with Gasteiger partial charge in [-0.1, -0.05) is 13.8 Å². The van der Waals surface area contributed by atoms with Crippen molar-refractivity contribution >= 4 is 18.0 Å². The Balaban J connectivity index is 2.20. The molecule has 0 aliphatic carbocycles. The van der Waals surface area contributed by atoms with E-state index in [4.69, 9.17) is 4.74 Å². The SMILES string of the molecule is CC(C)CNC(=O)NC(=O)CN1CCC(CNC(=O)OC(C)(C)C)CC1. The van der Waals surface area contributed by atoms with Gasteiger partial charge in [0.25, 0.3) is 0 Å². The lowest BCUT2D eigenvalue weighted by molar-refractivity contribution is -0.121. The van der Waals surface area contributed by atoms with Gasteiger partial charge in [0.2, 0.25) is 5.91 Å². The third-order valence-corrected chi connectivity index (χ3v) is 3.93. The van der Waals surface area contributed by atoms with Gasteiger partial charge in [-0.25, -0.2) is 9.59 Å². The smallest absolute Gasteiger partial charge is 0.407 e. The molecule has 4 amide bonds. The van der Waals surface area contributed by atoms with E-state index in [1.54, 1.807) is 0 Å². The van der Waals surface area contributed by atoms with Crippen LogP contribution in [0.1, 0.15) is 47.5 Å². The van der Waals surface area contributed by atoms with E-state index in [1.807, 2.05) is 39.5 Å². The van der Waals surface area contributed by atoms with E-state index in [9.17, 15) is 14.4 Å². The molecule has 0 aromatic carbocycles. The predicted molar refractivity (Wildman–Crippen MR) is 99.8 cm³/mol. The summed E-state index contributed by atoms with van der Waals surface area (Å²) >= 11 is 0. The molecule has 8 nitrogen and oxygen atoms in total. The molecule has 8 heteroatoms. The number of hydrogen-bond acceptors (Lipinski definition) is 5. The van der Waals surface area contributed by atoms with E-state index >= 15 is 0 Å². The molecular formula is C18H34N4O4. The lowest BCUT2D eigenvalue weighted by atomic mass is 9.97. The largest absolute Gasteiger partial charge is 0.444 e. The van der Waals surface area contributed by atoms with Crippen molar-refractivity contribution in [2.45, 2.75) is 53.1 Å². The molecule has 1 fully saturated rings. The minimum Gasteiger partial charge on any atom is -0.444 e. The second-order valence-electron chi connectivity index (χ2n) is 8.25. The van der Waals surface area contributed by atoms with Gasteiger partial charge in [-0.15, -0.1) is 0 Å². The van der Waals surface area contributed by atoms with Crippen molar-refractivity contribution in [3.63, 3.8) is 0 Å². The van der Waals surface area contributed by atoms with Crippen LogP contribution < -0.4 is 16.0 Å². The first-order valence-corrected chi connectivity index (χ1v) is 9.32. The van der Waals surface area contributed by atoms with Gasteiger partial charge in [0.15, 0.2) is 0 Å². The Hall–Kier alpha value is -1.83. The first-order valence-electron chi connectivity index (χ1n) is 9.32. The summed E-state index contributed by atoms with van der Waals surface area (Å²) < 4.78 is 5.22. The van der Waals surface area contributed by atoms with E-state index in [1.165, 1.54) is 0 Å². The van der Waals surface area contributed by atoms with Gasteiger partial charge < -0.3 is 15.4 Å². The summed E-state index contributed by atoms with van der Waals surface area (Å²) in [6, 6.07) is -0.444. The van der Waals surface area contributed by atoms with Gasteiger partial charge in [-0.2, -0.15) is 0 Å². The van der Waals surface area contributed by atoms with Crippen molar-refractivity contribution in [1.29, 1.82) is 0 Å². The molecular weight excluding hydrogens is 336 g/mol. The summed E-state index contributed by atoms with van der Waals surface area (Å²) in [7, 11) is 0. The van der Waals surface area contributed by atoms with Gasteiger partial charge in [0.05, 0.1) is 6.54 Å². The minimum atomic E-state index is -0.498. The molecule has 0 radical (unpaired) electrons. The van der Waals surface area contributed by atoms with Crippen molar-refractivity contribution in [3.8, 4) is 0 Å². The Bertz CT molecular complexity index is 480. The summed E-state index contributed by atoms with van der Waals surface area (Å²) in [5.41, 5.74) is -0.498. The number of carbonyl (C=O) groups is 3. The first-order chi connectivity index (χ1) is 12.0. The van der Waals surface area contributed by atoms with Crippen LogP contribution in [0.25, 0.3) is 0 Å². The number of piperidine rings is 1. The van der Waals surface area contributed by atoms with E-state index in [0.717, 1.165) is 25.9 Å². The fourth-order valence-corrected chi connectivity index (χ4v) is 2.60. The molecule has 1 saturated heterocycles. The number of imide groups is 1. The lowest BCUT2D eigenvalue weighted by Crippen LogP contribution is -2.47. The average Bonchev–Trinajstić information content (AvgIpc) is 2.50. The second kappa shape index (κ2) is 10.4. The monoisotopic (exact) mass is 370 g/mol. The normalized spacial score (nSPS) is 16.2. The quantitative estimate of drug-likeness (QED) is 0.661. The average molecular weight is 370 g/mol. The molecule has 0 unspecified atom stereocenters. The lowest BCUT2D eigenvalue weighted by Gasteiger charge is -2.31. The predicted octanol–water partition coefficient (Wildman–Crippen LogP) is 1.70. The first kappa shape index (κ1) is 22.2. The van der Waals surface area contributed by atoms with Crippen LogP contribution in [0.2, 0.25) is 0 Å². The molecule has 3 N–H and O–H groups in total. The van der Waals surface area contributed by atoms with E-state index in [0.29, 0.717) is 24.9 Å². The zero-order valence-corrected chi connectivity index (χ0v) is 16.7. The number of carbonyl (C=O) groups excluding carboxylic acids is 3. The van der Waals surface area contributed by atoms with Crippen LogP contribution in [0.15, 0.2) is 0 Å². The minimum absolute atomic E-state index is 0.210. The van der Waals surface area contributed by atoms with E-state index < -0.39 is 17.7 Å². The molecule has 0 saturated carbocycles. The number of urea groups is 1. The van der Waals surface area contributed by atoms with Gasteiger partial charge in [-0.05, 0) is 58.5 Å². The molecule has 0 atom stereocenters. The van der Waals surface area contributed by atoms with Crippen LogP contribution in [0.4, 0.5) is 9.59 Å². The fourth-order valence-electron chi connectivity index (χ4n) is 2.60. The van der Waals surface area contributed by atoms with Gasteiger partial charge in [0, 0.05) is 13.1 Å². The van der Waals surface area contributed by atoms with Gasteiger partial charge >= 0.3 is 12.1 Å². The molecule has 0 bridgehead atoms. The Morgan fingerprint density at radius 3 is 2.27 bits per heavy atom. The van der Waals surface area contributed by atoms with Crippen molar-refractivity contribution in [3.05, 3.63) is 0 Å². The Labute approximate surface area is 156 Å². The third kappa shape index (κ3) is 10.2. The van der Waals surface area contributed by atoms with Crippen LogP contribution in [0.3, 0.4) is 0 Å². The van der Waals surface area contributed by atoms with Crippen molar-refractivity contribution in [2.24, 2.45) is 11.8 Å². The zero-order valence-electron chi connectivity index (χ0n) is 16.7. The molecule has 150 valence electrons. The van der Waals surface area contributed by atoms with Gasteiger partial charge in [0.1, 0.15) is 5.60 Å². The number of likely N-dealkylation sites (tertiary alicyclic amines) is 1. The molecule has 1 aliphatic heterocycles. The van der Waals surface area contributed by atoms with Gasteiger partial charge in [-0.3, -0.25) is 15.0 Å². The third-order valence-electron chi connectivity index (χ3n) is 3.93. The maximum Gasteiger partial charge on any atom is 0.407 e. The summed E-state index contributed by atoms with van der Waals surface area (Å²) in [6.07, 6.45) is 1.39. The molecule has 1 rings (SSSR count). The molecule has 26 heavy (non-hydrogen) atoms. The highest BCUT2D eigenvalue weighted by Crippen LogP contribution is 2.16. The summed E-state index contributed by atoms with van der Waals surface area (Å²) in [5, 5.41) is 7.81. The molecule has 1 aliphatic rings. The number of hydrogen-bond donors (Lipinski definition) is 3. The number of ether oxygens (including phenoxy) is 1.